The van der Waals surface area contributed by atoms with E-state index in [-0.39, 0.29) is 16.4 Å². The highest BCUT2D eigenvalue weighted by molar-refractivity contribution is 7.89. The minimum atomic E-state index is -3.60. The Labute approximate surface area is 94.4 Å². The molecule has 0 aliphatic heterocycles. The van der Waals surface area contributed by atoms with Crippen LogP contribution in [0.1, 0.15) is 0 Å². The van der Waals surface area contributed by atoms with Crippen molar-refractivity contribution >= 4 is 15.7 Å². The summed E-state index contributed by atoms with van der Waals surface area (Å²) in [5.41, 5.74) is 5.96. The normalized spacial score (nSPS) is 11.2. The largest absolute Gasteiger partial charge is 0.495 e. The molecule has 16 heavy (non-hydrogen) atoms. The second-order valence-corrected chi connectivity index (χ2v) is 4.81. The Balaban J connectivity index is 3.48. The van der Waals surface area contributed by atoms with Crippen molar-refractivity contribution < 1.29 is 17.9 Å². The number of nitrogens with two attached hydrogens (primary N) is 1. The fraction of sp³-hybridized carbons (Fsp3) is 0.333. The Morgan fingerprint density at radius 2 is 1.75 bits per heavy atom. The third-order valence-electron chi connectivity index (χ3n) is 2.07. The highest BCUT2D eigenvalue weighted by Gasteiger charge is 2.20. The van der Waals surface area contributed by atoms with Gasteiger partial charge in [0.1, 0.15) is 16.4 Å². The van der Waals surface area contributed by atoms with Gasteiger partial charge in [-0.2, -0.15) is 0 Å². The highest BCUT2D eigenvalue weighted by atomic mass is 32.2. The summed E-state index contributed by atoms with van der Waals surface area (Å²) in [6, 6.07) is 2.73. The van der Waals surface area contributed by atoms with Gasteiger partial charge < -0.3 is 15.2 Å². The fourth-order valence-electron chi connectivity index (χ4n) is 1.21. The predicted octanol–water partition coefficient (Wildman–Crippen LogP) is 0.194. The molecule has 0 bridgehead atoms. The number of nitrogen functional groups attached to an aromatic ring is 1. The van der Waals surface area contributed by atoms with Gasteiger partial charge in [-0.05, 0) is 7.05 Å². The number of ether oxygens (including phenoxy) is 2. The summed E-state index contributed by atoms with van der Waals surface area (Å²) in [6.07, 6.45) is 0. The molecule has 0 aliphatic rings. The molecule has 0 amide bonds. The lowest BCUT2D eigenvalue weighted by Gasteiger charge is -2.12. The standard InChI is InChI=1S/C9H14N2O4S/c1-11-16(12,13)9-5-7(14-2)6(10)4-8(9)15-3/h4-5,11H,10H2,1-3H3. The van der Waals surface area contributed by atoms with Crippen LogP contribution in [-0.4, -0.2) is 29.7 Å². The topological polar surface area (TPSA) is 90.7 Å². The SMILES string of the molecule is CNS(=O)(=O)c1cc(OC)c(N)cc1OC. The summed E-state index contributed by atoms with van der Waals surface area (Å²) in [4.78, 5) is -0.0106. The molecular formula is C9H14N2O4S. The number of rotatable bonds is 4. The van der Waals surface area contributed by atoms with E-state index in [0.717, 1.165) is 0 Å². The molecule has 0 unspecified atom stereocenters. The number of benzene rings is 1. The molecule has 1 rings (SSSR count). The zero-order valence-electron chi connectivity index (χ0n) is 9.27. The van der Waals surface area contributed by atoms with Crippen molar-refractivity contribution in [2.45, 2.75) is 4.90 Å². The van der Waals surface area contributed by atoms with Gasteiger partial charge in [-0.3, -0.25) is 0 Å². The third kappa shape index (κ3) is 2.20. The van der Waals surface area contributed by atoms with Gasteiger partial charge in [-0.15, -0.1) is 0 Å². The molecule has 7 heteroatoms. The maximum atomic E-state index is 11.7. The van der Waals surface area contributed by atoms with Gasteiger partial charge in [0.25, 0.3) is 0 Å². The minimum absolute atomic E-state index is 0.0106. The number of sulfonamides is 1. The minimum Gasteiger partial charge on any atom is -0.495 e. The number of hydrogen-bond acceptors (Lipinski definition) is 5. The molecule has 0 aromatic heterocycles. The number of methoxy groups -OCH3 is 2. The molecule has 0 spiro atoms. The molecule has 0 saturated heterocycles. The number of anilines is 1. The smallest absolute Gasteiger partial charge is 0.244 e. The van der Waals surface area contributed by atoms with Gasteiger partial charge in [0.2, 0.25) is 10.0 Å². The van der Waals surface area contributed by atoms with E-state index >= 15 is 0 Å². The van der Waals surface area contributed by atoms with Crippen LogP contribution >= 0.6 is 0 Å². The monoisotopic (exact) mass is 246 g/mol. The van der Waals surface area contributed by atoms with Gasteiger partial charge in [-0.1, -0.05) is 0 Å². The van der Waals surface area contributed by atoms with Gasteiger partial charge >= 0.3 is 0 Å². The molecule has 6 nitrogen and oxygen atoms in total. The molecule has 0 aliphatic carbocycles. The third-order valence-corrected chi connectivity index (χ3v) is 3.51. The van der Waals surface area contributed by atoms with Crippen LogP contribution in [0.4, 0.5) is 5.69 Å². The van der Waals surface area contributed by atoms with Crippen LogP contribution in [0.5, 0.6) is 11.5 Å². The predicted molar refractivity (Wildman–Crippen MR) is 60.2 cm³/mol. The van der Waals surface area contributed by atoms with E-state index in [9.17, 15) is 8.42 Å². The van der Waals surface area contributed by atoms with Crippen LogP contribution < -0.4 is 19.9 Å². The van der Waals surface area contributed by atoms with Crippen LogP contribution in [-0.2, 0) is 10.0 Å². The Morgan fingerprint density at radius 3 is 2.19 bits per heavy atom. The Kier molecular flexibility index (Phi) is 3.61. The summed E-state index contributed by atoms with van der Waals surface area (Å²) in [7, 11) is 0.498. The van der Waals surface area contributed by atoms with Crippen molar-refractivity contribution in [3.05, 3.63) is 12.1 Å². The van der Waals surface area contributed by atoms with Gasteiger partial charge in [0, 0.05) is 12.1 Å². The Morgan fingerprint density at radius 1 is 1.19 bits per heavy atom. The molecule has 1 aromatic rings. The highest BCUT2D eigenvalue weighted by Crippen LogP contribution is 2.33. The molecule has 0 fully saturated rings. The maximum absolute atomic E-state index is 11.7. The van der Waals surface area contributed by atoms with Crippen LogP contribution in [0.25, 0.3) is 0 Å². The summed E-state index contributed by atoms with van der Waals surface area (Å²) in [5, 5.41) is 0. The Hall–Kier alpha value is -1.47. The molecule has 3 N–H and O–H groups in total. The average molecular weight is 246 g/mol. The second-order valence-electron chi connectivity index (χ2n) is 2.95. The van der Waals surface area contributed by atoms with Crippen LogP contribution in [0.2, 0.25) is 0 Å². The summed E-state index contributed by atoms with van der Waals surface area (Å²) < 4.78 is 35.5. The number of hydrogen-bond donors (Lipinski definition) is 2. The lowest BCUT2D eigenvalue weighted by Crippen LogP contribution is -2.19. The molecular weight excluding hydrogens is 232 g/mol. The summed E-state index contributed by atoms with van der Waals surface area (Å²) in [6.45, 7) is 0. The van der Waals surface area contributed by atoms with Crippen molar-refractivity contribution in [1.82, 2.24) is 4.72 Å². The molecule has 0 heterocycles. The first-order valence-electron chi connectivity index (χ1n) is 4.41. The summed E-state index contributed by atoms with van der Waals surface area (Å²) in [5.74, 6) is 0.460. The fourth-order valence-corrected chi connectivity index (χ4v) is 2.10. The molecule has 0 atom stereocenters. The van der Waals surface area contributed by atoms with Crippen molar-refractivity contribution in [3.63, 3.8) is 0 Å². The van der Waals surface area contributed by atoms with Crippen molar-refractivity contribution in [3.8, 4) is 11.5 Å². The van der Waals surface area contributed by atoms with Gasteiger partial charge in [0.15, 0.2) is 0 Å². The van der Waals surface area contributed by atoms with E-state index in [2.05, 4.69) is 4.72 Å². The van der Waals surface area contributed by atoms with E-state index in [1.807, 2.05) is 0 Å². The molecule has 1 aromatic carbocycles. The number of nitrogens with one attached hydrogen (secondary N) is 1. The first-order chi connectivity index (χ1) is 7.46. The average Bonchev–Trinajstić information content (AvgIpc) is 2.28. The van der Waals surface area contributed by atoms with E-state index in [0.29, 0.717) is 5.69 Å². The maximum Gasteiger partial charge on any atom is 0.244 e. The van der Waals surface area contributed by atoms with Crippen LogP contribution in [0.3, 0.4) is 0 Å². The van der Waals surface area contributed by atoms with Crippen LogP contribution in [0.15, 0.2) is 17.0 Å². The van der Waals surface area contributed by atoms with Crippen LogP contribution in [0, 0.1) is 0 Å². The molecule has 0 saturated carbocycles. The van der Waals surface area contributed by atoms with Crippen molar-refractivity contribution in [2.24, 2.45) is 0 Å². The van der Waals surface area contributed by atoms with E-state index in [1.165, 1.54) is 33.4 Å². The Bertz CT molecular complexity index is 485. The first kappa shape index (κ1) is 12.6. The van der Waals surface area contributed by atoms with E-state index < -0.39 is 10.0 Å². The van der Waals surface area contributed by atoms with E-state index in [1.54, 1.807) is 0 Å². The van der Waals surface area contributed by atoms with E-state index in [4.69, 9.17) is 15.2 Å². The quantitative estimate of drug-likeness (QED) is 0.740. The first-order valence-corrected chi connectivity index (χ1v) is 5.89. The summed E-state index contributed by atoms with van der Waals surface area (Å²) >= 11 is 0. The van der Waals surface area contributed by atoms with Crippen molar-refractivity contribution in [1.29, 1.82) is 0 Å². The second kappa shape index (κ2) is 4.58. The van der Waals surface area contributed by atoms with Crippen molar-refractivity contribution in [2.75, 3.05) is 27.0 Å². The van der Waals surface area contributed by atoms with Gasteiger partial charge in [-0.25, -0.2) is 13.1 Å². The lowest BCUT2D eigenvalue weighted by atomic mass is 10.3. The lowest BCUT2D eigenvalue weighted by molar-refractivity contribution is 0.393. The zero-order chi connectivity index (χ0) is 12.3. The molecule has 0 radical (unpaired) electrons. The van der Waals surface area contributed by atoms with Gasteiger partial charge in [0.05, 0.1) is 19.9 Å². The zero-order valence-corrected chi connectivity index (χ0v) is 10.1. The molecule has 90 valence electrons.